The lowest BCUT2D eigenvalue weighted by atomic mass is 9.98. The van der Waals surface area contributed by atoms with Gasteiger partial charge in [-0.1, -0.05) is 6.07 Å². The van der Waals surface area contributed by atoms with Crippen molar-refractivity contribution < 1.29 is 5.11 Å². The average Bonchev–Trinajstić information content (AvgIpc) is 2.38. The largest absolute Gasteiger partial charge is 0.396 e. The number of nitrogens with zero attached hydrogens (tertiary/aromatic N) is 1. The van der Waals surface area contributed by atoms with Crippen LogP contribution in [0.3, 0.4) is 0 Å². The molecule has 94 valence electrons. The Kier molecular flexibility index (Phi) is 4.02. The van der Waals surface area contributed by atoms with Crippen molar-refractivity contribution >= 4 is 5.69 Å². The van der Waals surface area contributed by atoms with E-state index in [0.29, 0.717) is 19.1 Å². The normalized spacial score (nSPS) is 20.6. The van der Waals surface area contributed by atoms with Gasteiger partial charge in [-0.3, -0.25) is 0 Å². The van der Waals surface area contributed by atoms with Gasteiger partial charge in [0.25, 0.3) is 0 Å². The van der Waals surface area contributed by atoms with Crippen molar-refractivity contribution in [1.29, 1.82) is 0 Å². The fraction of sp³-hybridized carbons (Fsp3) is 0.571. The molecule has 3 N–H and O–H groups in total. The number of aliphatic hydroxyl groups is 1. The van der Waals surface area contributed by atoms with Crippen LogP contribution in [-0.4, -0.2) is 24.8 Å². The second-order valence-electron chi connectivity index (χ2n) is 4.95. The second kappa shape index (κ2) is 5.52. The number of rotatable bonds is 3. The molecule has 1 aliphatic heterocycles. The molecule has 1 aliphatic rings. The lowest BCUT2D eigenvalue weighted by Gasteiger charge is -2.34. The number of hydrogen-bond donors (Lipinski definition) is 2. The molecule has 0 radical (unpaired) electrons. The lowest BCUT2D eigenvalue weighted by molar-refractivity contribution is 0.209. The summed E-state index contributed by atoms with van der Waals surface area (Å²) in [7, 11) is 0. The van der Waals surface area contributed by atoms with Crippen molar-refractivity contribution in [2.45, 2.75) is 26.3 Å². The van der Waals surface area contributed by atoms with Crippen molar-refractivity contribution in [3.05, 3.63) is 29.3 Å². The molecule has 0 spiro atoms. The predicted octanol–water partition coefficient (Wildman–Crippen LogP) is 1.66. The quantitative estimate of drug-likeness (QED) is 0.836. The third kappa shape index (κ3) is 2.79. The minimum Gasteiger partial charge on any atom is -0.396 e. The first kappa shape index (κ1) is 12.4. The topological polar surface area (TPSA) is 49.5 Å². The van der Waals surface area contributed by atoms with E-state index >= 15 is 0 Å². The van der Waals surface area contributed by atoms with E-state index < -0.39 is 0 Å². The fourth-order valence-corrected chi connectivity index (χ4v) is 2.55. The lowest BCUT2D eigenvalue weighted by Crippen LogP contribution is -2.36. The van der Waals surface area contributed by atoms with E-state index in [1.54, 1.807) is 0 Å². The van der Waals surface area contributed by atoms with E-state index in [9.17, 15) is 5.11 Å². The summed E-state index contributed by atoms with van der Waals surface area (Å²) in [5.74, 6) is 0.429. The zero-order valence-corrected chi connectivity index (χ0v) is 10.5. The molecule has 1 aromatic rings. The third-order valence-corrected chi connectivity index (χ3v) is 3.69. The Morgan fingerprint density at radius 1 is 1.47 bits per heavy atom. The van der Waals surface area contributed by atoms with Gasteiger partial charge < -0.3 is 15.7 Å². The summed E-state index contributed by atoms with van der Waals surface area (Å²) >= 11 is 0. The first-order valence-corrected chi connectivity index (χ1v) is 6.40. The highest BCUT2D eigenvalue weighted by molar-refractivity contribution is 5.51. The zero-order chi connectivity index (χ0) is 12.3. The summed E-state index contributed by atoms with van der Waals surface area (Å²) in [4.78, 5) is 2.37. The van der Waals surface area contributed by atoms with Gasteiger partial charge in [-0.25, -0.2) is 0 Å². The van der Waals surface area contributed by atoms with Gasteiger partial charge in [-0.2, -0.15) is 0 Å². The summed E-state index contributed by atoms with van der Waals surface area (Å²) in [5, 5.41) is 9.25. The molecule has 1 saturated heterocycles. The number of hydrogen-bond acceptors (Lipinski definition) is 3. The minimum atomic E-state index is 0.302. The minimum absolute atomic E-state index is 0.302. The molecule has 1 fully saturated rings. The number of benzene rings is 1. The van der Waals surface area contributed by atoms with Crippen molar-refractivity contribution in [2.75, 3.05) is 24.6 Å². The third-order valence-electron chi connectivity index (χ3n) is 3.69. The van der Waals surface area contributed by atoms with Gasteiger partial charge in [0.2, 0.25) is 0 Å². The molecule has 0 aromatic heterocycles. The predicted molar refractivity (Wildman–Crippen MR) is 71.1 cm³/mol. The molecular weight excluding hydrogens is 212 g/mol. The van der Waals surface area contributed by atoms with Crippen LogP contribution in [-0.2, 0) is 6.54 Å². The van der Waals surface area contributed by atoms with Crippen LogP contribution in [0.4, 0.5) is 5.69 Å². The first-order valence-electron chi connectivity index (χ1n) is 6.40. The fourth-order valence-electron chi connectivity index (χ4n) is 2.55. The van der Waals surface area contributed by atoms with Crippen LogP contribution >= 0.6 is 0 Å². The molecule has 3 heteroatoms. The Balaban J connectivity index is 2.13. The van der Waals surface area contributed by atoms with Gasteiger partial charge in [-0.15, -0.1) is 0 Å². The van der Waals surface area contributed by atoms with E-state index in [1.807, 2.05) is 0 Å². The van der Waals surface area contributed by atoms with Gasteiger partial charge in [-0.05, 0) is 48.9 Å². The van der Waals surface area contributed by atoms with E-state index in [2.05, 4.69) is 30.0 Å². The first-order chi connectivity index (χ1) is 8.24. The Labute approximate surface area is 103 Å². The molecule has 2 rings (SSSR count). The zero-order valence-electron chi connectivity index (χ0n) is 10.5. The Morgan fingerprint density at radius 3 is 2.94 bits per heavy atom. The summed E-state index contributed by atoms with van der Waals surface area (Å²) in [6.45, 7) is 5.08. The smallest absolute Gasteiger partial charge is 0.0476 e. The van der Waals surface area contributed by atoms with Gasteiger partial charge in [0.15, 0.2) is 0 Å². The van der Waals surface area contributed by atoms with Crippen LogP contribution in [0.25, 0.3) is 0 Å². The molecule has 1 heterocycles. The van der Waals surface area contributed by atoms with Gasteiger partial charge in [0, 0.05) is 31.9 Å². The Bertz CT molecular complexity index is 378. The molecule has 17 heavy (non-hydrogen) atoms. The van der Waals surface area contributed by atoms with Crippen LogP contribution < -0.4 is 10.6 Å². The van der Waals surface area contributed by atoms with Crippen LogP contribution in [0.15, 0.2) is 18.2 Å². The van der Waals surface area contributed by atoms with Crippen LogP contribution in [0.5, 0.6) is 0 Å². The maximum absolute atomic E-state index is 9.25. The van der Waals surface area contributed by atoms with Gasteiger partial charge in [0.05, 0.1) is 0 Å². The maximum atomic E-state index is 9.25. The molecule has 1 unspecified atom stereocenters. The van der Waals surface area contributed by atoms with E-state index in [1.165, 1.54) is 23.2 Å². The molecule has 0 bridgehead atoms. The molecule has 1 atom stereocenters. The summed E-state index contributed by atoms with van der Waals surface area (Å²) in [5.41, 5.74) is 9.41. The molecular formula is C14H22N2O. The second-order valence-corrected chi connectivity index (χ2v) is 4.95. The van der Waals surface area contributed by atoms with Crippen LogP contribution in [0, 0.1) is 12.8 Å². The highest BCUT2D eigenvalue weighted by atomic mass is 16.3. The number of anilines is 1. The number of piperidine rings is 1. The SMILES string of the molecule is Cc1cc(N2CCCC(CO)C2)ccc1CN. The molecule has 3 nitrogen and oxygen atoms in total. The highest BCUT2D eigenvalue weighted by Crippen LogP contribution is 2.24. The molecule has 0 saturated carbocycles. The molecule has 0 amide bonds. The van der Waals surface area contributed by atoms with Crippen LogP contribution in [0.1, 0.15) is 24.0 Å². The van der Waals surface area contributed by atoms with E-state index in [-0.39, 0.29) is 0 Å². The summed E-state index contributed by atoms with van der Waals surface area (Å²) < 4.78 is 0. The van der Waals surface area contributed by atoms with E-state index in [0.717, 1.165) is 19.5 Å². The summed E-state index contributed by atoms with van der Waals surface area (Å²) in [6, 6.07) is 6.48. The van der Waals surface area contributed by atoms with Crippen molar-refractivity contribution in [1.82, 2.24) is 0 Å². The maximum Gasteiger partial charge on any atom is 0.0476 e. The number of nitrogens with two attached hydrogens (primary N) is 1. The van der Waals surface area contributed by atoms with Crippen molar-refractivity contribution in [3.63, 3.8) is 0 Å². The Hall–Kier alpha value is -1.06. The number of aryl methyl sites for hydroxylation is 1. The average molecular weight is 234 g/mol. The monoisotopic (exact) mass is 234 g/mol. The van der Waals surface area contributed by atoms with E-state index in [4.69, 9.17) is 5.73 Å². The van der Waals surface area contributed by atoms with Crippen molar-refractivity contribution in [3.8, 4) is 0 Å². The standard InChI is InChI=1S/C14H22N2O/c1-11-7-14(5-4-13(11)8-15)16-6-2-3-12(9-16)10-17/h4-5,7,12,17H,2-3,6,8-10,15H2,1H3. The van der Waals surface area contributed by atoms with Crippen LogP contribution in [0.2, 0.25) is 0 Å². The van der Waals surface area contributed by atoms with Gasteiger partial charge in [0.1, 0.15) is 0 Å². The van der Waals surface area contributed by atoms with Gasteiger partial charge >= 0.3 is 0 Å². The highest BCUT2D eigenvalue weighted by Gasteiger charge is 2.19. The molecule has 0 aliphatic carbocycles. The number of aliphatic hydroxyl groups excluding tert-OH is 1. The Morgan fingerprint density at radius 2 is 2.29 bits per heavy atom. The molecule has 1 aromatic carbocycles. The summed E-state index contributed by atoms with van der Waals surface area (Å²) in [6.07, 6.45) is 2.32. The van der Waals surface area contributed by atoms with Crippen molar-refractivity contribution in [2.24, 2.45) is 11.7 Å².